The van der Waals surface area contributed by atoms with Gasteiger partial charge in [-0.15, -0.1) is 0 Å². The average molecular weight is 227 g/mol. The van der Waals surface area contributed by atoms with Crippen molar-refractivity contribution in [2.75, 3.05) is 7.05 Å². The highest BCUT2D eigenvalue weighted by molar-refractivity contribution is 5.75. The summed E-state index contributed by atoms with van der Waals surface area (Å²) in [5.74, 6) is 0. The molecule has 16 heavy (non-hydrogen) atoms. The van der Waals surface area contributed by atoms with Gasteiger partial charge in [0.15, 0.2) is 0 Å². The van der Waals surface area contributed by atoms with Crippen LogP contribution in [0.1, 0.15) is 46.5 Å². The van der Waals surface area contributed by atoms with E-state index in [0.29, 0.717) is 0 Å². The lowest BCUT2D eigenvalue weighted by atomic mass is 9.90. The molecular formula is C12H25N3O. The maximum atomic E-state index is 12.0. The average Bonchev–Trinajstić information content (AvgIpc) is 2.15. The smallest absolute Gasteiger partial charge is 0.317 e. The van der Waals surface area contributed by atoms with Crippen molar-refractivity contribution < 1.29 is 4.79 Å². The number of carbonyl (C=O) groups is 1. The van der Waals surface area contributed by atoms with E-state index in [-0.39, 0.29) is 23.7 Å². The van der Waals surface area contributed by atoms with Gasteiger partial charge in [-0.1, -0.05) is 12.8 Å². The summed E-state index contributed by atoms with van der Waals surface area (Å²) in [6.45, 7) is 5.96. The molecule has 1 aliphatic rings. The molecule has 1 aliphatic carbocycles. The van der Waals surface area contributed by atoms with Crippen LogP contribution in [-0.4, -0.2) is 35.6 Å². The van der Waals surface area contributed by atoms with Gasteiger partial charge in [-0.3, -0.25) is 0 Å². The molecule has 3 N–H and O–H groups in total. The molecular weight excluding hydrogens is 202 g/mol. The third-order valence-electron chi connectivity index (χ3n) is 3.08. The second kappa shape index (κ2) is 5.04. The summed E-state index contributed by atoms with van der Waals surface area (Å²) in [6, 6.07) is 0.301. The molecule has 0 saturated heterocycles. The largest absolute Gasteiger partial charge is 0.333 e. The molecule has 0 aromatic rings. The Morgan fingerprint density at radius 3 is 2.38 bits per heavy atom. The number of carbonyl (C=O) groups excluding carboxylic acids is 1. The number of urea groups is 1. The molecule has 0 spiro atoms. The summed E-state index contributed by atoms with van der Waals surface area (Å²) in [7, 11) is 1.84. The van der Waals surface area contributed by atoms with Crippen LogP contribution in [0.25, 0.3) is 0 Å². The summed E-state index contributed by atoms with van der Waals surface area (Å²) in [4.78, 5) is 13.7. The molecule has 2 unspecified atom stereocenters. The zero-order valence-electron chi connectivity index (χ0n) is 10.9. The SMILES string of the molecule is CN(C(=O)NC(C)(C)C)C1CCCCC1N. The minimum Gasteiger partial charge on any atom is -0.333 e. The number of nitrogens with one attached hydrogen (secondary N) is 1. The molecule has 2 amide bonds. The van der Waals surface area contributed by atoms with Gasteiger partial charge in [0, 0.05) is 24.7 Å². The van der Waals surface area contributed by atoms with Gasteiger partial charge in [-0.25, -0.2) is 4.79 Å². The maximum Gasteiger partial charge on any atom is 0.317 e. The Morgan fingerprint density at radius 2 is 1.88 bits per heavy atom. The van der Waals surface area contributed by atoms with Crippen molar-refractivity contribution in [1.82, 2.24) is 10.2 Å². The molecule has 0 heterocycles. The monoisotopic (exact) mass is 227 g/mol. The van der Waals surface area contributed by atoms with Crippen molar-refractivity contribution in [3.63, 3.8) is 0 Å². The Bertz CT molecular complexity index is 247. The van der Waals surface area contributed by atoms with Crippen LogP contribution in [0.2, 0.25) is 0 Å². The zero-order chi connectivity index (χ0) is 12.3. The van der Waals surface area contributed by atoms with E-state index in [9.17, 15) is 4.79 Å². The molecule has 1 fully saturated rings. The Kier molecular flexibility index (Phi) is 4.19. The molecule has 2 atom stereocenters. The number of rotatable bonds is 1. The Hall–Kier alpha value is -0.770. The Balaban J connectivity index is 2.55. The van der Waals surface area contributed by atoms with Crippen molar-refractivity contribution in [1.29, 1.82) is 0 Å². The third-order valence-corrected chi connectivity index (χ3v) is 3.08. The van der Waals surface area contributed by atoms with Gasteiger partial charge in [0.05, 0.1) is 0 Å². The van der Waals surface area contributed by atoms with Crippen LogP contribution in [0, 0.1) is 0 Å². The molecule has 4 nitrogen and oxygen atoms in total. The Morgan fingerprint density at radius 1 is 1.31 bits per heavy atom. The van der Waals surface area contributed by atoms with E-state index >= 15 is 0 Å². The Labute approximate surface area is 98.6 Å². The lowest BCUT2D eigenvalue weighted by Crippen LogP contribution is -2.55. The summed E-state index contributed by atoms with van der Waals surface area (Å²) in [5.41, 5.74) is 5.87. The lowest BCUT2D eigenvalue weighted by molar-refractivity contribution is 0.156. The highest BCUT2D eigenvalue weighted by Gasteiger charge is 2.29. The van der Waals surface area contributed by atoms with E-state index in [1.807, 2.05) is 27.8 Å². The van der Waals surface area contributed by atoms with Crippen LogP contribution in [0.4, 0.5) is 4.79 Å². The van der Waals surface area contributed by atoms with Gasteiger partial charge >= 0.3 is 6.03 Å². The quantitative estimate of drug-likeness (QED) is 0.716. The van der Waals surface area contributed by atoms with Crippen molar-refractivity contribution in [2.24, 2.45) is 5.73 Å². The molecule has 4 heteroatoms. The number of nitrogens with two attached hydrogens (primary N) is 1. The summed E-state index contributed by atoms with van der Waals surface area (Å²) >= 11 is 0. The third kappa shape index (κ3) is 3.67. The van der Waals surface area contributed by atoms with E-state index in [1.165, 1.54) is 12.8 Å². The van der Waals surface area contributed by atoms with Crippen molar-refractivity contribution in [3.8, 4) is 0 Å². The highest BCUT2D eigenvalue weighted by atomic mass is 16.2. The number of hydrogen-bond donors (Lipinski definition) is 2. The first-order chi connectivity index (χ1) is 7.31. The van der Waals surface area contributed by atoms with Crippen molar-refractivity contribution in [3.05, 3.63) is 0 Å². The molecule has 94 valence electrons. The molecule has 0 radical (unpaired) electrons. The van der Waals surface area contributed by atoms with Gasteiger partial charge in [0.25, 0.3) is 0 Å². The van der Waals surface area contributed by atoms with Gasteiger partial charge < -0.3 is 16.0 Å². The minimum atomic E-state index is -0.190. The molecule has 1 saturated carbocycles. The fourth-order valence-corrected chi connectivity index (χ4v) is 2.18. The van der Waals surface area contributed by atoms with E-state index in [0.717, 1.165) is 12.8 Å². The van der Waals surface area contributed by atoms with Crippen LogP contribution in [0.5, 0.6) is 0 Å². The second-order valence-electron chi connectivity index (χ2n) is 5.81. The number of likely N-dealkylation sites (N-methyl/N-ethyl adjacent to an activating group) is 1. The molecule has 0 aromatic carbocycles. The van der Waals surface area contributed by atoms with Crippen molar-refractivity contribution in [2.45, 2.75) is 64.1 Å². The van der Waals surface area contributed by atoms with Gasteiger partial charge in [-0.2, -0.15) is 0 Å². The van der Waals surface area contributed by atoms with Crippen LogP contribution in [-0.2, 0) is 0 Å². The lowest BCUT2D eigenvalue weighted by Gasteiger charge is -2.37. The van der Waals surface area contributed by atoms with Crippen molar-refractivity contribution >= 4 is 6.03 Å². The fourth-order valence-electron chi connectivity index (χ4n) is 2.18. The second-order valence-corrected chi connectivity index (χ2v) is 5.81. The minimum absolute atomic E-state index is 0.0187. The first-order valence-corrected chi connectivity index (χ1v) is 6.12. The number of amides is 2. The molecule has 0 aliphatic heterocycles. The zero-order valence-corrected chi connectivity index (χ0v) is 10.9. The highest BCUT2D eigenvalue weighted by Crippen LogP contribution is 2.21. The fraction of sp³-hybridized carbons (Fsp3) is 0.917. The predicted molar refractivity (Wildman–Crippen MR) is 66.3 cm³/mol. The number of hydrogen-bond acceptors (Lipinski definition) is 2. The van der Waals surface area contributed by atoms with Crippen LogP contribution in [0.15, 0.2) is 0 Å². The first kappa shape index (κ1) is 13.3. The van der Waals surface area contributed by atoms with Gasteiger partial charge in [-0.05, 0) is 33.6 Å². The number of nitrogens with zero attached hydrogens (tertiary/aromatic N) is 1. The first-order valence-electron chi connectivity index (χ1n) is 6.12. The van der Waals surface area contributed by atoms with Gasteiger partial charge in [0.1, 0.15) is 0 Å². The molecule has 0 bridgehead atoms. The topological polar surface area (TPSA) is 58.4 Å². The standard InChI is InChI=1S/C12H25N3O/c1-12(2,3)14-11(16)15(4)10-8-6-5-7-9(10)13/h9-10H,5-8,13H2,1-4H3,(H,14,16). The van der Waals surface area contributed by atoms with Crippen LogP contribution in [0.3, 0.4) is 0 Å². The van der Waals surface area contributed by atoms with Crippen LogP contribution >= 0.6 is 0 Å². The van der Waals surface area contributed by atoms with E-state index < -0.39 is 0 Å². The maximum absolute atomic E-state index is 12.0. The normalized spacial score (nSPS) is 26.3. The van der Waals surface area contributed by atoms with E-state index in [4.69, 9.17) is 5.73 Å². The van der Waals surface area contributed by atoms with E-state index in [2.05, 4.69) is 5.32 Å². The summed E-state index contributed by atoms with van der Waals surface area (Å²) in [6.07, 6.45) is 4.41. The van der Waals surface area contributed by atoms with E-state index in [1.54, 1.807) is 4.90 Å². The molecule has 1 rings (SSSR count). The van der Waals surface area contributed by atoms with Crippen LogP contribution < -0.4 is 11.1 Å². The molecule has 0 aromatic heterocycles. The predicted octanol–water partition coefficient (Wildman–Crippen LogP) is 1.70. The van der Waals surface area contributed by atoms with Gasteiger partial charge in [0.2, 0.25) is 0 Å². The summed E-state index contributed by atoms with van der Waals surface area (Å²) < 4.78 is 0. The summed E-state index contributed by atoms with van der Waals surface area (Å²) in [5, 5.41) is 2.97.